The molecule has 1 N–H and O–H groups in total. The van der Waals surface area contributed by atoms with Crippen molar-refractivity contribution in [2.24, 2.45) is 0 Å². The van der Waals surface area contributed by atoms with E-state index in [2.05, 4.69) is 4.98 Å². The molecular weight excluding hydrogens is 284 g/mol. The predicted octanol–water partition coefficient (Wildman–Crippen LogP) is 1.73. The van der Waals surface area contributed by atoms with Gasteiger partial charge >= 0.3 is 5.97 Å². The first kappa shape index (κ1) is 12.6. The maximum atomic E-state index is 11.7. The number of furan rings is 1. The summed E-state index contributed by atoms with van der Waals surface area (Å²) in [5, 5.41) is 0.0934. The third kappa shape index (κ3) is 2.22. The van der Waals surface area contributed by atoms with Gasteiger partial charge in [-0.2, -0.15) is 0 Å². The van der Waals surface area contributed by atoms with Gasteiger partial charge in [-0.15, -0.1) is 0 Å². The van der Waals surface area contributed by atoms with Gasteiger partial charge < -0.3 is 13.7 Å². The van der Waals surface area contributed by atoms with Crippen LogP contribution < -0.4 is 4.74 Å². The van der Waals surface area contributed by atoms with Crippen LogP contribution in [0.1, 0.15) is 10.6 Å². The van der Waals surface area contributed by atoms with Crippen LogP contribution in [0, 0.1) is 0 Å². The first-order valence-corrected chi connectivity index (χ1v) is 6.59. The van der Waals surface area contributed by atoms with Crippen LogP contribution in [0.25, 0.3) is 5.65 Å². The van der Waals surface area contributed by atoms with Gasteiger partial charge in [-0.05, 0) is 24.3 Å². The summed E-state index contributed by atoms with van der Waals surface area (Å²) in [4.78, 5) is 15.7. The van der Waals surface area contributed by atoms with Crippen LogP contribution in [0.2, 0.25) is 0 Å². The van der Waals surface area contributed by atoms with Crippen molar-refractivity contribution < 1.29 is 22.7 Å². The van der Waals surface area contributed by atoms with E-state index in [1.807, 2.05) is 0 Å². The largest absolute Gasteiger partial charge is 0.457 e. The van der Waals surface area contributed by atoms with E-state index in [4.69, 9.17) is 13.7 Å². The summed E-state index contributed by atoms with van der Waals surface area (Å²) >= 11 is -2.18. The minimum absolute atomic E-state index is 0.0710. The number of aromatic nitrogens is 2. The van der Waals surface area contributed by atoms with Crippen molar-refractivity contribution in [1.29, 1.82) is 0 Å². The molecule has 0 saturated heterocycles. The van der Waals surface area contributed by atoms with Gasteiger partial charge in [-0.25, -0.2) is 14.0 Å². The minimum atomic E-state index is -2.18. The quantitative estimate of drug-likeness (QED) is 0.583. The van der Waals surface area contributed by atoms with E-state index in [9.17, 15) is 9.00 Å². The highest BCUT2D eigenvalue weighted by Gasteiger charge is 2.13. The summed E-state index contributed by atoms with van der Waals surface area (Å²) in [6, 6.07) is 6.16. The van der Waals surface area contributed by atoms with Crippen LogP contribution in [0.15, 0.2) is 52.4 Å². The molecule has 0 saturated carbocycles. The number of carbonyl (C=O) groups is 1. The van der Waals surface area contributed by atoms with Crippen molar-refractivity contribution in [2.45, 2.75) is 5.03 Å². The summed E-state index contributed by atoms with van der Waals surface area (Å²) < 4.78 is 31.7. The van der Waals surface area contributed by atoms with E-state index in [-0.39, 0.29) is 16.5 Å². The van der Waals surface area contributed by atoms with Gasteiger partial charge in [-0.3, -0.25) is 4.40 Å². The fourth-order valence-corrected chi connectivity index (χ4v) is 2.14. The van der Waals surface area contributed by atoms with Crippen LogP contribution in [-0.2, 0) is 11.1 Å². The Morgan fingerprint density at radius 3 is 2.95 bits per heavy atom. The van der Waals surface area contributed by atoms with E-state index in [0.717, 1.165) is 0 Å². The highest BCUT2D eigenvalue weighted by atomic mass is 32.2. The molecule has 0 aliphatic carbocycles. The maximum absolute atomic E-state index is 11.7. The van der Waals surface area contributed by atoms with Gasteiger partial charge in [0.05, 0.1) is 18.7 Å². The van der Waals surface area contributed by atoms with Crippen LogP contribution >= 0.6 is 0 Å². The molecule has 20 heavy (non-hydrogen) atoms. The Morgan fingerprint density at radius 2 is 2.25 bits per heavy atom. The molecule has 0 aromatic carbocycles. The summed E-state index contributed by atoms with van der Waals surface area (Å²) in [7, 11) is 0. The average Bonchev–Trinajstić information content (AvgIpc) is 3.07. The maximum Gasteiger partial charge on any atom is 0.379 e. The molecule has 3 heterocycles. The highest BCUT2D eigenvalue weighted by molar-refractivity contribution is 7.79. The Balaban J connectivity index is 1.94. The molecule has 3 aromatic rings. The van der Waals surface area contributed by atoms with E-state index in [1.165, 1.54) is 35.2 Å². The summed E-state index contributed by atoms with van der Waals surface area (Å²) in [6.45, 7) is 0. The van der Waals surface area contributed by atoms with Gasteiger partial charge in [0.1, 0.15) is 11.4 Å². The smallest absolute Gasteiger partial charge is 0.379 e. The zero-order valence-electron chi connectivity index (χ0n) is 9.92. The lowest BCUT2D eigenvalue weighted by Crippen LogP contribution is -2.08. The van der Waals surface area contributed by atoms with Gasteiger partial charge in [0, 0.05) is 0 Å². The van der Waals surface area contributed by atoms with Crippen molar-refractivity contribution in [1.82, 2.24) is 9.38 Å². The fraction of sp³-hybridized carbons (Fsp3) is 0. The number of rotatable bonds is 3. The van der Waals surface area contributed by atoms with Crippen LogP contribution in [-0.4, -0.2) is 24.1 Å². The molecule has 0 aliphatic heterocycles. The van der Waals surface area contributed by atoms with Crippen LogP contribution in [0.5, 0.6) is 5.75 Å². The Hall–Kier alpha value is -2.45. The Kier molecular flexibility index (Phi) is 3.09. The zero-order valence-corrected chi connectivity index (χ0v) is 10.7. The number of pyridine rings is 1. The van der Waals surface area contributed by atoms with E-state index < -0.39 is 17.0 Å². The number of carbonyl (C=O) groups excluding carboxylic acids is 1. The number of ether oxygens (including phenoxy) is 1. The highest BCUT2D eigenvalue weighted by Crippen LogP contribution is 2.17. The third-order valence-corrected chi connectivity index (χ3v) is 3.22. The van der Waals surface area contributed by atoms with Gasteiger partial charge in [-0.1, -0.05) is 0 Å². The molecule has 0 amide bonds. The molecule has 0 aliphatic rings. The van der Waals surface area contributed by atoms with Gasteiger partial charge in [0.15, 0.2) is 5.03 Å². The molecule has 0 bridgehead atoms. The second-order valence-electron chi connectivity index (χ2n) is 3.81. The van der Waals surface area contributed by atoms with Crippen molar-refractivity contribution in [3.63, 3.8) is 0 Å². The molecule has 3 rings (SSSR count). The molecule has 7 nitrogen and oxygen atoms in total. The number of nitrogens with zero attached hydrogens (tertiary/aromatic N) is 2. The van der Waals surface area contributed by atoms with Crippen LogP contribution in [0.3, 0.4) is 0 Å². The number of fused-ring (bicyclic) bond motifs is 1. The van der Waals surface area contributed by atoms with Gasteiger partial charge in [0.2, 0.25) is 16.8 Å². The molecule has 1 atom stereocenters. The first-order chi connectivity index (χ1) is 9.65. The number of hydrogen-bond acceptors (Lipinski definition) is 5. The standard InChI is InChI=1S/C12H8N2O5S/c15-12(9-2-1-5-18-9)19-8-3-4-10-13-6-11(20(16)17)14(10)7-8/h1-7H,(H,16,17). The molecule has 1 unspecified atom stereocenters. The third-order valence-electron chi connectivity index (χ3n) is 2.56. The Bertz CT molecular complexity index is 793. The molecule has 3 aromatic heterocycles. The molecule has 8 heteroatoms. The minimum Gasteiger partial charge on any atom is -0.457 e. The van der Waals surface area contributed by atoms with Gasteiger partial charge in [0.25, 0.3) is 0 Å². The van der Waals surface area contributed by atoms with E-state index >= 15 is 0 Å². The molecular formula is C12H8N2O5S. The van der Waals surface area contributed by atoms with Crippen molar-refractivity contribution in [3.05, 3.63) is 48.7 Å². The SMILES string of the molecule is O=C(Oc1ccc2ncc(S(=O)O)n2c1)c1ccco1. The fourth-order valence-electron chi connectivity index (χ4n) is 1.68. The molecule has 0 spiro atoms. The molecule has 102 valence electrons. The van der Waals surface area contributed by atoms with Crippen LogP contribution in [0.4, 0.5) is 0 Å². The monoisotopic (exact) mass is 292 g/mol. The Labute approximate surface area is 115 Å². The van der Waals surface area contributed by atoms with Crippen molar-refractivity contribution in [3.8, 4) is 5.75 Å². The molecule has 0 radical (unpaired) electrons. The number of imidazole rings is 1. The van der Waals surface area contributed by atoms with E-state index in [0.29, 0.717) is 5.65 Å². The lowest BCUT2D eigenvalue weighted by molar-refractivity contribution is 0.0700. The van der Waals surface area contributed by atoms with Crippen molar-refractivity contribution >= 4 is 22.7 Å². The summed E-state index contributed by atoms with van der Waals surface area (Å²) in [5.41, 5.74) is 0.472. The molecule has 0 fully saturated rings. The first-order valence-electron chi connectivity index (χ1n) is 5.49. The normalized spacial score (nSPS) is 12.4. The lowest BCUT2D eigenvalue weighted by Gasteiger charge is -2.04. The topological polar surface area (TPSA) is 94.0 Å². The van der Waals surface area contributed by atoms with E-state index in [1.54, 1.807) is 12.1 Å². The number of hydrogen-bond donors (Lipinski definition) is 1. The number of esters is 1. The second kappa shape index (κ2) is 4.91. The lowest BCUT2D eigenvalue weighted by atomic mass is 10.4. The summed E-state index contributed by atoms with van der Waals surface area (Å²) in [6.07, 6.45) is 4.05. The second-order valence-corrected chi connectivity index (χ2v) is 4.72. The zero-order chi connectivity index (χ0) is 14.1. The Morgan fingerprint density at radius 1 is 1.40 bits per heavy atom. The van der Waals surface area contributed by atoms with Crippen molar-refractivity contribution in [2.75, 3.05) is 0 Å². The summed E-state index contributed by atoms with van der Waals surface area (Å²) in [5.74, 6) is -0.369. The average molecular weight is 292 g/mol. The predicted molar refractivity (Wildman–Crippen MR) is 67.9 cm³/mol.